The number of aliphatic hydroxyl groups excluding tert-OH is 1. The van der Waals surface area contributed by atoms with Gasteiger partial charge in [-0.15, -0.1) is 0 Å². The molecule has 0 saturated carbocycles. The summed E-state index contributed by atoms with van der Waals surface area (Å²) in [5, 5.41) is 30.3. The molecule has 0 bridgehead atoms. The molecule has 0 aliphatic rings. The maximum Gasteiger partial charge on any atom is 0.135 e. The molecule has 3 N–H and O–H groups in total. The van der Waals surface area contributed by atoms with Gasteiger partial charge >= 0.3 is 0 Å². The van der Waals surface area contributed by atoms with Crippen LogP contribution in [-0.2, 0) is 0 Å². The third kappa shape index (κ3) is 5.77. The van der Waals surface area contributed by atoms with E-state index in [2.05, 4.69) is 9.98 Å². The number of phenolic OH excluding ortho intramolecular Hbond substituents is 2. The fourth-order valence-electron chi connectivity index (χ4n) is 2.60. The van der Waals surface area contributed by atoms with Gasteiger partial charge in [-0.2, -0.15) is 0 Å². The molecule has 162 valence electrons. The van der Waals surface area contributed by atoms with E-state index in [-0.39, 0.29) is 24.6 Å². The lowest BCUT2D eigenvalue weighted by atomic mass is 10.1. The van der Waals surface area contributed by atoms with E-state index in [9.17, 15) is 15.3 Å². The normalized spacial score (nSPS) is 12.3. The van der Waals surface area contributed by atoms with Crippen LogP contribution >= 0.6 is 0 Å². The number of phenols is 2. The van der Waals surface area contributed by atoms with Crippen LogP contribution < -0.4 is 18.9 Å². The number of hydrogen-bond acceptors (Lipinski definition) is 9. The maximum absolute atomic E-state index is 10.1. The lowest BCUT2D eigenvalue weighted by molar-refractivity contribution is 0.192. The minimum Gasteiger partial charge on any atom is -0.507 e. The predicted molar refractivity (Wildman–Crippen MR) is 113 cm³/mol. The third-order valence-electron chi connectivity index (χ3n) is 4.17. The summed E-state index contributed by atoms with van der Waals surface area (Å²) in [5.74, 6) is 1.59. The second-order valence-corrected chi connectivity index (χ2v) is 6.17. The SMILES string of the molecule is COc1cc(O)c(C=NCC(O)CN=Cc2c(O)cc(OC)cc2OC)c(OC)c1. The van der Waals surface area contributed by atoms with E-state index in [0.717, 1.165) is 0 Å². The van der Waals surface area contributed by atoms with Crippen molar-refractivity contribution in [2.75, 3.05) is 41.5 Å². The number of ether oxygens (including phenoxy) is 4. The summed E-state index contributed by atoms with van der Waals surface area (Å²) in [4.78, 5) is 8.29. The van der Waals surface area contributed by atoms with Crippen LogP contribution in [0.25, 0.3) is 0 Å². The molecule has 0 aliphatic heterocycles. The molecule has 0 unspecified atom stereocenters. The van der Waals surface area contributed by atoms with Crippen LogP contribution in [0.3, 0.4) is 0 Å². The van der Waals surface area contributed by atoms with Gasteiger partial charge in [0.05, 0.1) is 58.8 Å². The van der Waals surface area contributed by atoms with Gasteiger partial charge in [-0.1, -0.05) is 0 Å². The summed E-state index contributed by atoms with van der Waals surface area (Å²) in [6.45, 7) is 0.107. The van der Waals surface area contributed by atoms with Crippen molar-refractivity contribution in [3.8, 4) is 34.5 Å². The van der Waals surface area contributed by atoms with Crippen LogP contribution in [0.5, 0.6) is 34.5 Å². The second-order valence-electron chi connectivity index (χ2n) is 6.17. The molecule has 2 rings (SSSR count). The zero-order valence-corrected chi connectivity index (χ0v) is 17.3. The van der Waals surface area contributed by atoms with Crippen molar-refractivity contribution in [3.05, 3.63) is 35.4 Å². The molecule has 0 aromatic heterocycles. The van der Waals surface area contributed by atoms with E-state index in [0.29, 0.717) is 34.1 Å². The van der Waals surface area contributed by atoms with E-state index in [4.69, 9.17) is 18.9 Å². The van der Waals surface area contributed by atoms with E-state index < -0.39 is 6.10 Å². The van der Waals surface area contributed by atoms with Gasteiger partial charge in [0.2, 0.25) is 0 Å². The monoisotopic (exact) mass is 418 g/mol. The Bertz CT molecular complexity index is 839. The van der Waals surface area contributed by atoms with Crippen LogP contribution in [0.2, 0.25) is 0 Å². The fraction of sp³-hybridized carbons (Fsp3) is 0.333. The third-order valence-corrected chi connectivity index (χ3v) is 4.17. The number of methoxy groups -OCH3 is 4. The fourth-order valence-corrected chi connectivity index (χ4v) is 2.60. The summed E-state index contributed by atoms with van der Waals surface area (Å²) in [5.41, 5.74) is 0.754. The molecule has 30 heavy (non-hydrogen) atoms. The Hall–Kier alpha value is -3.46. The molecule has 2 aromatic rings. The average Bonchev–Trinajstić information content (AvgIpc) is 2.75. The van der Waals surface area contributed by atoms with Crippen molar-refractivity contribution in [2.45, 2.75) is 6.10 Å². The van der Waals surface area contributed by atoms with Gasteiger partial charge in [-0.05, 0) is 0 Å². The van der Waals surface area contributed by atoms with E-state index in [1.54, 1.807) is 12.1 Å². The molecule has 0 spiro atoms. The summed E-state index contributed by atoms with van der Waals surface area (Å²) >= 11 is 0. The minimum atomic E-state index is -0.865. The smallest absolute Gasteiger partial charge is 0.135 e. The molecule has 0 radical (unpaired) electrons. The first-order valence-electron chi connectivity index (χ1n) is 9.01. The van der Waals surface area contributed by atoms with Crippen molar-refractivity contribution in [1.82, 2.24) is 0 Å². The van der Waals surface area contributed by atoms with Crippen LogP contribution in [0.4, 0.5) is 0 Å². The van der Waals surface area contributed by atoms with Crippen molar-refractivity contribution >= 4 is 12.4 Å². The highest BCUT2D eigenvalue weighted by atomic mass is 16.5. The molecule has 9 heteroatoms. The number of nitrogens with zero attached hydrogens (tertiary/aromatic N) is 2. The Balaban J connectivity index is 2.02. The second kappa shape index (κ2) is 10.9. The number of aliphatic hydroxyl groups is 1. The van der Waals surface area contributed by atoms with Gasteiger partial charge in [-0.25, -0.2) is 0 Å². The molecule has 0 amide bonds. The summed E-state index contributed by atoms with van der Waals surface area (Å²) in [6, 6.07) is 6.13. The first-order chi connectivity index (χ1) is 14.4. The molecule has 9 nitrogen and oxygen atoms in total. The van der Waals surface area contributed by atoms with Crippen LogP contribution in [0.1, 0.15) is 11.1 Å². The van der Waals surface area contributed by atoms with Crippen molar-refractivity contribution in [1.29, 1.82) is 0 Å². The molecule has 2 aromatic carbocycles. The standard InChI is InChI=1S/C21H26N2O7/c1-27-14-5-18(25)16(20(7-14)29-3)11-22-9-13(24)10-23-12-17-19(26)6-15(28-2)8-21(17)30-4/h5-8,11-13,24-26H,9-10H2,1-4H3. The number of rotatable bonds is 10. The lowest BCUT2D eigenvalue weighted by Gasteiger charge is -2.10. The number of benzene rings is 2. The topological polar surface area (TPSA) is 122 Å². The average molecular weight is 418 g/mol. The van der Waals surface area contributed by atoms with E-state index in [1.807, 2.05) is 0 Å². The van der Waals surface area contributed by atoms with Gasteiger partial charge in [-0.3, -0.25) is 9.98 Å². The largest absolute Gasteiger partial charge is 0.507 e. The molecule has 0 fully saturated rings. The van der Waals surface area contributed by atoms with Gasteiger partial charge in [0.25, 0.3) is 0 Å². The van der Waals surface area contributed by atoms with Crippen molar-refractivity contribution in [3.63, 3.8) is 0 Å². The Kier molecular flexibility index (Phi) is 8.30. The Morgan fingerprint density at radius 1 is 0.733 bits per heavy atom. The molecular weight excluding hydrogens is 392 g/mol. The molecule has 0 heterocycles. The van der Waals surface area contributed by atoms with Crippen molar-refractivity contribution < 1.29 is 34.3 Å². The van der Waals surface area contributed by atoms with E-state index in [1.165, 1.54) is 53.0 Å². The lowest BCUT2D eigenvalue weighted by Crippen LogP contribution is -2.15. The van der Waals surface area contributed by atoms with Gasteiger partial charge in [0, 0.05) is 36.7 Å². The number of hydrogen-bond donors (Lipinski definition) is 3. The zero-order valence-electron chi connectivity index (χ0n) is 17.3. The molecule has 0 atom stereocenters. The number of aromatic hydroxyl groups is 2. The molecule has 0 saturated heterocycles. The molecular formula is C21H26N2O7. The summed E-state index contributed by atoms with van der Waals surface area (Å²) < 4.78 is 20.6. The quantitative estimate of drug-likeness (QED) is 0.505. The summed E-state index contributed by atoms with van der Waals surface area (Å²) in [7, 11) is 5.91. The zero-order chi connectivity index (χ0) is 22.1. The van der Waals surface area contributed by atoms with Gasteiger partial charge in [0.1, 0.15) is 34.5 Å². The van der Waals surface area contributed by atoms with Gasteiger partial charge < -0.3 is 34.3 Å². The first-order valence-corrected chi connectivity index (χ1v) is 9.01. The predicted octanol–water partition coefficient (Wildman–Crippen LogP) is 2.03. The Morgan fingerprint density at radius 3 is 1.47 bits per heavy atom. The van der Waals surface area contributed by atoms with Crippen LogP contribution in [0, 0.1) is 0 Å². The van der Waals surface area contributed by atoms with Gasteiger partial charge in [0.15, 0.2) is 0 Å². The van der Waals surface area contributed by atoms with E-state index >= 15 is 0 Å². The highest BCUT2D eigenvalue weighted by Crippen LogP contribution is 2.32. The highest BCUT2D eigenvalue weighted by molar-refractivity contribution is 5.88. The Morgan fingerprint density at radius 2 is 1.13 bits per heavy atom. The first kappa shape index (κ1) is 22.8. The summed E-state index contributed by atoms with van der Waals surface area (Å²) in [6.07, 6.45) is 1.97. The van der Waals surface area contributed by atoms with Crippen LogP contribution in [-0.4, -0.2) is 75.4 Å². The maximum atomic E-state index is 10.1. The van der Waals surface area contributed by atoms with Crippen LogP contribution in [0.15, 0.2) is 34.3 Å². The highest BCUT2D eigenvalue weighted by Gasteiger charge is 2.11. The molecule has 0 aliphatic carbocycles. The Labute approximate surface area is 174 Å². The van der Waals surface area contributed by atoms with Crippen molar-refractivity contribution in [2.24, 2.45) is 9.98 Å². The minimum absolute atomic E-state index is 0.0514. The number of aliphatic imine (C=N–C) groups is 2.